The third-order valence-corrected chi connectivity index (χ3v) is 6.31. The Balaban J connectivity index is 2.08. The van der Waals surface area contributed by atoms with Crippen molar-refractivity contribution in [3.8, 4) is 0 Å². The molecule has 2 rings (SSSR count). The number of anilines is 1. The van der Waals surface area contributed by atoms with Gasteiger partial charge in [-0.25, -0.2) is 8.42 Å². The quantitative estimate of drug-likeness (QED) is 0.769. The lowest BCUT2D eigenvalue weighted by atomic mass is 10.1. The summed E-state index contributed by atoms with van der Waals surface area (Å²) in [4.78, 5) is 25.2. The zero-order chi connectivity index (χ0) is 20.9. The van der Waals surface area contributed by atoms with Crippen molar-refractivity contribution in [2.45, 2.75) is 24.8 Å². The summed E-state index contributed by atoms with van der Waals surface area (Å²) in [5.41, 5.74) is 1.47. The van der Waals surface area contributed by atoms with Gasteiger partial charge in [0.15, 0.2) is 0 Å². The molecule has 0 heterocycles. The number of amides is 2. The number of carbonyl (C=O) groups excluding carboxylic acids is 2. The van der Waals surface area contributed by atoms with Crippen molar-refractivity contribution < 1.29 is 18.0 Å². The highest BCUT2D eigenvalue weighted by molar-refractivity contribution is 7.89. The Kier molecular flexibility index (Phi) is 6.93. The number of nitrogens with one attached hydrogen (secondary N) is 1. The standard InChI is InChI=1S/C20H25N3O4S/c1-15(17-8-6-5-7-9-17)23(4)20(25)14-22(3)28(26,27)19-12-10-18(11-13-19)21-16(2)24/h5-13,15H,14H2,1-4H3,(H,21,24). The van der Waals surface area contributed by atoms with Crippen LogP contribution in [0.1, 0.15) is 25.5 Å². The van der Waals surface area contributed by atoms with Crippen LogP contribution in [0.3, 0.4) is 0 Å². The minimum absolute atomic E-state index is 0.0515. The van der Waals surface area contributed by atoms with E-state index in [1.54, 1.807) is 7.05 Å². The van der Waals surface area contributed by atoms with Crippen LogP contribution in [-0.4, -0.2) is 50.1 Å². The maximum Gasteiger partial charge on any atom is 0.243 e. The normalized spacial score (nSPS) is 12.5. The molecule has 0 saturated carbocycles. The van der Waals surface area contributed by atoms with Gasteiger partial charge in [-0.3, -0.25) is 9.59 Å². The van der Waals surface area contributed by atoms with Gasteiger partial charge in [-0.15, -0.1) is 0 Å². The van der Waals surface area contributed by atoms with Crippen LogP contribution in [0.5, 0.6) is 0 Å². The van der Waals surface area contributed by atoms with Crippen molar-refractivity contribution in [1.29, 1.82) is 0 Å². The van der Waals surface area contributed by atoms with E-state index in [2.05, 4.69) is 5.32 Å². The maximum atomic E-state index is 12.7. The van der Waals surface area contributed by atoms with E-state index in [9.17, 15) is 18.0 Å². The number of nitrogens with zero attached hydrogens (tertiary/aromatic N) is 2. The van der Waals surface area contributed by atoms with Gasteiger partial charge in [0.25, 0.3) is 0 Å². The van der Waals surface area contributed by atoms with Crippen molar-refractivity contribution >= 4 is 27.5 Å². The van der Waals surface area contributed by atoms with Gasteiger partial charge in [0.2, 0.25) is 21.8 Å². The topological polar surface area (TPSA) is 86.8 Å². The zero-order valence-electron chi connectivity index (χ0n) is 16.4. The van der Waals surface area contributed by atoms with E-state index in [-0.39, 0.29) is 29.3 Å². The van der Waals surface area contributed by atoms with Gasteiger partial charge in [0.05, 0.1) is 17.5 Å². The van der Waals surface area contributed by atoms with Crippen LogP contribution in [0, 0.1) is 0 Å². The second-order valence-electron chi connectivity index (χ2n) is 6.56. The Labute approximate surface area is 166 Å². The minimum atomic E-state index is -3.83. The first-order valence-electron chi connectivity index (χ1n) is 8.77. The summed E-state index contributed by atoms with van der Waals surface area (Å²) in [6, 6.07) is 15.2. The molecule has 8 heteroatoms. The first-order valence-corrected chi connectivity index (χ1v) is 10.2. The predicted molar refractivity (Wildman–Crippen MR) is 108 cm³/mol. The molecule has 0 aliphatic heterocycles. The lowest BCUT2D eigenvalue weighted by molar-refractivity contribution is -0.131. The SMILES string of the molecule is CC(=O)Nc1ccc(S(=O)(=O)N(C)CC(=O)N(C)C(C)c2ccccc2)cc1. The Hall–Kier alpha value is -2.71. The first kappa shape index (κ1) is 21.6. The van der Waals surface area contributed by atoms with Gasteiger partial charge in [0.1, 0.15) is 0 Å². The molecule has 1 N–H and O–H groups in total. The molecule has 0 saturated heterocycles. The van der Waals surface area contributed by atoms with Gasteiger partial charge >= 0.3 is 0 Å². The monoisotopic (exact) mass is 403 g/mol. The highest BCUT2D eigenvalue weighted by Gasteiger charge is 2.26. The van der Waals surface area contributed by atoms with Crippen molar-refractivity contribution in [3.63, 3.8) is 0 Å². The molecule has 7 nitrogen and oxygen atoms in total. The molecule has 2 aromatic rings. The molecule has 0 aliphatic rings. The number of carbonyl (C=O) groups is 2. The average Bonchev–Trinajstić information content (AvgIpc) is 2.67. The van der Waals surface area contributed by atoms with Gasteiger partial charge < -0.3 is 10.2 Å². The number of rotatable bonds is 7. The average molecular weight is 404 g/mol. The highest BCUT2D eigenvalue weighted by Crippen LogP contribution is 2.20. The highest BCUT2D eigenvalue weighted by atomic mass is 32.2. The van der Waals surface area contributed by atoms with Gasteiger partial charge in [0, 0.05) is 26.7 Å². The number of hydrogen-bond donors (Lipinski definition) is 1. The molecule has 0 fully saturated rings. The van der Waals surface area contributed by atoms with E-state index in [0.29, 0.717) is 5.69 Å². The fourth-order valence-corrected chi connectivity index (χ4v) is 3.77. The van der Waals surface area contributed by atoms with Gasteiger partial charge in [-0.1, -0.05) is 30.3 Å². The summed E-state index contributed by atoms with van der Waals surface area (Å²) in [7, 11) is -0.804. The number of hydrogen-bond acceptors (Lipinski definition) is 4. The van der Waals surface area contributed by atoms with E-state index in [1.807, 2.05) is 37.3 Å². The Morgan fingerprint density at radius 3 is 2.11 bits per heavy atom. The van der Waals surface area contributed by atoms with Crippen molar-refractivity contribution in [1.82, 2.24) is 9.21 Å². The number of likely N-dealkylation sites (N-methyl/N-ethyl adjacent to an activating group) is 2. The van der Waals surface area contributed by atoms with Crippen LogP contribution in [0.25, 0.3) is 0 Å². The Bertz CT molecular complexity index is 928. The van der Waals surface area contributed by atoms with Crippen molar-refractivity contribution in [3.05, 3.63) is 60.2 Å². The van der Waals surface area contributed by atoms with Gasteiger partial charge in [-0.2, -0.15) is 4.31 Å². The summed E-state index contributed by atoms with van der Waals surface area (Å²) in [6.07, 6.45) is 0. The van der Waals surface area contributed by atoms with E-state index in [0.717, 1.165) is 9.87 Å². The lowest BCUT2D eigenvalue weighted by Crippen LogP contribution is -2.40. The molecule has 1 atom stereocenters. The van der Waals surface area contributed by atoms with Crippen LogP contribution < -0.4 is 5.32 Å². The molecular formula is C20H25N3O4S. The molecule has 2 amide bonds. The smallest absolute Gasteiger partial charge is 0.243 e. The van der Waals surface area contributed by atoms with Crippen LogP contribution in [0.4, 0.5) is 5.69 Å². The summed E-state index contributed by atoms with van der Waals surface area (Å²) < 4.78 is 26.5. The van der Waals surface area contributed by atoms with Crippen LogP contribution in [0.2, 0.25) is 0 Å². The summed E-state index contributed by atoms with van der Waals surface area (Å²) in [6.45, 7) is 2.99. The first-order chi connectivity index (χ1) is 13.1. The maximum absolute atomic E-state index is 12.7. The van der Waals surface area contributed by atoms with E-state index < -0.39 is 10.0 Å². The molecule has 2 aromatic carbocycles. The fraction of sp³-hybridized carbons (Fsp3) is 0.300. The van der Waals surface area contributed by atoms with Crippen LogP contribution in [0.15, 0.2) is 59.5 Å². The minimum Gasteiger partial charge on any atom is -0.338 e. The number of benzene rings is 2. The lowest BCUT2D eigenvalue weighted by Gasteiger charge is -2.27. The Morgan fingerprint density at radius 2 is 1.57 bits per heavy atom. The van der Waals surface area contributed by atoms with E-state index in [4.69, 9.17) is 0 Å². The summed E-state index contributed by atoms with van der Waals surface area (Å²) in [5.74, 6) is -0.550. The second kappa shape index (κ2) is 8.99. The third kappa shape index (κ3) is 5.17. The largest absolute Gasteiger partial charge is 0.338 e. The van der Waals surface area contributed by atoms with E-state index in [1.165, 1.54) is 43.1 Å². The molecule has 0 radical (unpaired) electrons. The van der Waals surface area contributed by atoms with E-state index >= 15 is 0 Å². The molecule has 150 valence electrons. The fourth-order valence-electron chi connectivity index (χ4n) is 2.65. The molecule has 0 aliphatic carbocycles. The van der Waals surface area contributed by atoms with Gasteiger partial charge in [-0.05, 0) is 36.8 Å². The molecule has 0 spiro atoms. The Morgan fingerprint density at radius 1 is 1.00 bits per heavy atom. The van der Waals surface area contributed by atoms with Crippen molar-refractivity contribution in [2.24, 2.45) is 0 Å². The summed E-state index contributed by atoms with van der Waals surface area (Å²) >= 11 is 0. The molecule has 0 aromatic heterocycles. The summed E-state index contributed by atoms with van der Waals surface area (Å²) in [5, 5.41) is 2.58. The molecule has 28 heavy (non-hydrogen) atoms. The predicted octanol–water partition coefficient (Wildman–Crippen LogP) is 2.49. The molecular weight excluding hydrogens is 378 g/mol. The second-order valence-corrected chi connectivity index (χ2v) is 8.60. The van der Waals surface area contributed by atoms with Crippen molar-refractivity contribution in [2.75, 3.05) is 26.0 Å². The third-order valence-electron chi connectivity index (χ3n) is 4.50. The molecule has 1 unspecified atom stereocenters. The zero-order valence-corrected chi connectivity index (χ0v) is 17.2. The van der Waals surface area contributed by atoms with Crippen LogP contribution in [-0.2, 0) is 19.6 Å². The number of sulfonamides is 1. The molecule has 0 bridgehead atoms. The van der Waals surface area contributed by atoms with Crippen LogP contribution >= 0.6 is 0 Å².